The molecule has 0 saturated carbocycles. The number of aliphatic hydroxyl groups excluding tert-OH is 2. The van der Waals surface area contributed by atoms with E-state index in [9.17, 15) is 15.0 Å². The van der Waals surface area contributed by atoms with Gasteiger partial charge in [-0.05, 0) is 24.5 Å². The number of ether oxygens (including phenoxy) is 2. The molecule has 2 aromatic rings. The van der Waals surface area contributed by atoms with Crippen LogP contribution in [0.15, 0.2) is 18.5 Å². The van der Waals surface area contributed by atoms with Crippen LogP contribution in [0.3, 0.4) is 0 Å². The summed E-state index contributed by atoms with van der Waals surface area (Å²) in [6.07, 6.45) is -1.77. The topological polar surface area (TPSA) is 132 Å². The van der Waals surface area contributed by atoms with E-state index in [2.05, 4.69) is 10.1 Å². The van der Waals surface area contributed by atoms with Crippen molar-refractivity contribution in [2.45, 2.75) is 58.0 Å². The largest absolute Gasteiger partial charge is 0.463 e. The highest BCUT2D eigenvalue weighted by Crippen LogP contribution is 2.40. The van der Waals surface area contributed by atoms with Gasteiger partial charge >= 0.3 is 5.97 Å². The standard InChI is InChI=1S/C18H26N4O5/c1-17(2,3)7-13(23)26-8-11-14(24)15(25)18(4,27-11)12-6-5-10-16(19)20-9-21-22(10)12/h5-6,9,11,14-15,24-25H,7-8H2,1-4H3,(H2,19,20,21)/t11-,14-,15-,18+/m1/s1. The monoisotopic (exact) mass is 378 g/mol. The summed E-state index contributed by atoms with van der Waals surface area (Å²) in [7, 11) is 0. The molecule has 9 heteroatoms. The maximum atomic E-state index is 11.9. The number of hydrogen-bond donors (Lipinski definition) is 3. The Morgan fingerprint density at radius 3 is 2.78 bits per heavy atom. The summed E-state index contributed by atoms with van der Waals surface area (Å²) in [5, 5.41) is 25.2. The summed E-state index contributed by atoms with van der Waals surface area (Å²) >= 11 is 0. The molecule has 1 aliphatic heterocycles. The Balaban J connectivity index is 1.79. The lowest BCUT2D eigenvalue weighted by Gasteiger charge is -2.27. The number of aromatic nitrogens is 3. The molecule has 2 aromatic heterocycles. The zero-order chi connectivity index (χ0) is 20.0. The van der Waals surface area contributed by atoms with Crippen molar-refractivity contribution in [1.29, 1.82) is 0 Å². The van der Waals surface area contributed by atoms with Gasteiger partial charge in [-0.3, -0.25) is 4.79 Å². The SMILES string of the molecule is CC(C)(C)CC(=O)OC[C@H]1O[C@@](C)(c2ccc3c(N)ncnn23)[C@H](O)[C@@H]1O. The van der Waals surface area contributed by atoms with E-state index in [0.29, 0.717) is 17.0 Å². The van der Waals surface area contributed by atoms with Crippen LogP contribution < -0.4 is 5.73 Å². The highest BCUT2D eigenvalue weighted by atomic mass is 16.6. The number of rotatable bonds is 4. The summed E-state index contributed by atoms with van der Waals surface area (Å²) in [5.74, 6) is -0.0874. The first-order chi connectivity index (χ1) is 12.5. The van der Waals surface area contributed by atoms with Crippen LogP contribution in [-0.2, 0) is 19.9 Å². The maximum Gasteiger partial charge on any atom is 0.306 e. The predicted molar refractivity (Wildman–Crippen MR) is 96.7 cm³/mol. The number of carbonyl (C=O) groups is 1. The zero-order valence-corrected chi connectivity index (χ0v) is 15.9. The number of nitrogens with two attached hydrogens (primary N) is 1. The minimum Gasteiger partial charge on any atom is -0.463 e. The second-order valence-corrected chi connectivity index (χ2v) is 8.28. The van der Waals surface area contributed by atoms with Gasteiger partial charge in [0.1, 0.15) is 42.4 Å². The third-order valence-corrected chi connectivity index (χ3v) is 4.74. The van der Waals surface area contributed by atoms with Crippen LogP contribution >= 0.6 is 0 Å². The Morgan fingerprint density at radius 2 is 2.11 bits per heavy atom. The summed E-state index contributed by atoms with van der Waals surface area (Å²) in [6, 6.07) is 3.43. The highest BCUT2D eigenvalue weighted by molar-refractivity contribution is 5.70. The molecule has 3 rings (SSSR count). The number of fused-ring (bicyclic) bond motifs is 1. The molecule has 0 amide bonds. The van der Waals surface area contributed by atoms with E-state index in [-0.39, 0.29) is 24.4 Å². The van der Waals surface area contributed by atoms with E-state index in [4.69, 9.17) is 15.2 Å². The fourth-order valence-electron chi connectivity index (χ4n) is 3.32. The van der Waals surface area contributed by atoms with Gasteiger partial charge in [0, 0.05) is 0 Å². The number of esters is 1. The second-order valence-electron chi connectivity index (χ2n) is 8.28. The van der Waals surface area contributed by atoms with Crippen molar-refractivity contribution in [2.24, 2.45) is 5.41 Å². The van der Waals surface area contributed by atoms with Crippen molar-refractivity contribution >= 4 is 17.3 Å². The fraction of sp³-hybridized carbons (Fsp3) is 0.611. The summed E-state index contributed by atoms with van der Waals surface area (Å²) in [6.45, 7) is 7.30. The quantitative estimate of drug-likeness (QED) is 0.660. The Hall–Kier alpha value is -2.23. The average molecular weight is 378 g/mol. The normalized spacial score (nSPS) is 28.6. The molecular formula is C18H26N4O5. The zero-order valence-electron chi connectivity index (χ0n) is 15.9. The maximum absolute atomic E-state index is 11.9. The van der Waals surface area contributed by atoms with E-state index < -0.39 is 23.9 Å². The van der Waals surface area contributed by atoms with Gasteiger partial charge in [-0.2, -0.15) is 5.10 Å². The first-order valence-electron chi connectivity index (χ1n) is 8.81. The highest BCUT2D eigenvalue weighted by Gasteiger charge is 2.54. The molecule has 0 bridgehead atoms. The van der Waals surface area contributed by atoms with Crippen LogP contribution in [0, 0.1) is 5.41 Å². The van der Waals surface area contributed by atoms with Gasteiger partial charge in [0.15, 0.2) is 5.82 Å². The van der Waals surface area contributed by atoms with Gasteiger partial charge in [-0.25, -0.2) is 9.50 Å². The van der Waals surface area contributed by atoms with Crippen molar-refractivity contribution < 1.29 is 24.5 Å². The molecule has 1 fully saturated rings. The molecule has 1 aliphatic rings. The summed E-state index contributed by atoms with van der Waals surface area (Å²) in [5.41, 5.74) is 5.47. The van der Waals surface area contributed by atoms with Crippen molar-refractivity contribution in [3.05, 3.63) is 24.2 Å². The Kier molecular flexibility index (Phi) is 4.87. The van der Waals surface area contributed by atoms with Crippen LogP contribution in [-0.4, -0.2) is 55.7 Å². The molecule has 27 heavy (non-hydrogen) atoms. The van der Waals surface area contributed by atoms with Gasteiger partial charge in [0.2, 0.25) is 0 Å². The summed E-state index contributed by atoms with van der Waals surface area (Å²) in [4.78, 5) is 15.9. The molecule has 3 heterocycles. The van der Waals surface area contributed by atoms with Crippen molar-refractivity contribution in [3.63, 3.8) is 0 Å². The van der Waals surface area contributed by atoms with Crippen LogP contribution in [0.5, 0.6) is 0 Å². The van der Waals surface area contributed by atoms with E-state index in [1.165, 1.54) is 10.8 Å². The predicted octanol–water partition coefficient (Wildman–Crippen LogP) is 0.627. The first kappa shape index (κ1) is 19.5. The minimum atomic E-state index is -1.26. The third-order valence-electron chi connectivity index (χ3n) is 4.74. The molecule has 4 atom stereocenters. The van der Waals surface area contributed by atoms with E-state index >= 15 is 0 Å². The van der Waals surface area contributed by atoms with E-state index in [1.807, 2.05) is 20.8 Å². The van der Waals surface area contributed by atoms with Gasteiger partial charge in [-0.15, -0.1) is 0 Å². The van der Waals surface area contributed by atoms with Crippen LogP contribution in [0.1, 0.15) is 39.8 Å². The fourth-order valence-corrected chi connectivity index (χ4v) is 3.32. The van der Waals surface area contributed by atoms with E-state index in [0.717, 1.165) is 0 Å². The lowest BCUT2D eigenvalue weighted by atomic mass is 9.92. The second kappa shape index (κ2) is 6.74. The molecule has 9 nitrogen and oxygen atoms in total. The molecule has 0 spiro atoms. The average Bonchev–Trinajstić information content (AvgIpc) is 3.09. The lowest BCUT2D eigenvalue weighted by molar-refractivity contribution is -0.154. The number of hydrogen-bond acceptors (Lipinski definition) is 8. The Bertz CT molecular complexity index is 846. The van der Waals surface area contributed by atoms with Crippen LogP contribution in [0.2, 0.25) is 0 Å². The first-order valence-corrected chi connectivity index (χ1v) is 8.81. The number of anilines is 1. The number of aliphatic hydroxyl groups is 2. The molecule has 1 saturated heterocycles. The number of carbonyl (C=O) groups excluding carboxylic acids is 1. The van der Waals surface area contributed by atoms with Crippen molar-refractivity contribution in [1.82, 2.24) is 14.6 Å². The molecule has 0 unspecified atom stereocenters. The van der Waals surface area contributed by atoms with Gasteiger partial charge in [0.25, 0.3) is 0 Å². The van der Waals surface area contributed by atoms with Crippen molar-refractivity contribution in [2.75, 3.05) is 12.3 Å². The Labute approximate surface area is 157 Å². The third kappa shape index (κ3) is 3.62. The molecular weight excluding hydrogens is 352 g/mol. The van der Waals surface area contributed by atoms with Crippen LogP contribution in [0.4, 0.5) is 5.82 Å². The molecule has 0 aliphatic carbocycles. The molecule has 0 radical (unpaired) electrons. The smallest absolute Gasteiger partial charge is 0.306 e. The Morgan fingerprint density at radius 1 is 1.41 bits per heavy atom. The van der Waals surface area contributed by atoms with Gasteiger partial charge in [-0.1, -0.05) is 20.8 Å². The molecule has 4 N–H and O–H groups in total. The molecule has 148 valence electrons. The van der Waals surface area contributed by atoms with E-state index in [1.54, 1.807) is 19.1 Å². The summed E-state index contributed by atoms with van der Waals surface area (Å²) < 4.78 is 12.7. The lowest BCUT2D eigenvalue weighted by Crippen LogP contribution is -2.39. The minimum absolute atomic E-state index is 0.150. The van der Waals surface area contributed by atoms with Crippen molar-refractivity contribution in [3.8, 4) is 0 Å². The number of nitrogen functional groups attached to an aromatic ring is 1. The van der Waals surface area contributed by atoms with Gasteiger partial charge < -0.3 is 25.4 Å². The molecule has 0 aromatic carbocycles. The number of nitrogens with zero attached hydrogens (tertiary/aromatic N) is 3. The van der Waals surface area contributed by atoms with Gasteiger partial charge in [0.05, 0.1) is 12.1 Å². The van der Waals surface area contributed by atoms with Crippen LogP contribution in [0.25, 0.3) is 5.52 Å².